The van der Waals surface area contributed by atoms with Crippen molar-refractivity contribution < 1.29 is 4.79 Å². The van der Waals surface area contributed by atoms with Crippen molar-refractivity contribution in [1.82, 2.24) is 5.32 Å². The van der Waals surface area contributed by atoms with Crippen molar-refractivity contribution in [2.24, 2.45) is 5.92 Å². The summed E-state index contributed by atoms with van der Waals surface area (Å²) in [5.74, 6) is 0.493. The summed E-state index contributed by atoms with van der Waals surface area (Å²) in [4.78, 5) is 11.0. The molecule has 0 saturated carbocycles. The lowest BCUT2D eigenvalue weighted by Crippen LogP contribution is -2.19. The molecule has 10 heavy (non-hydrogen) atoms. The predicted molar refractivity (Wildman–Crippen MR) is 42.7 cm³/mol. The predicted octanol–water partition coefficient (Wildman–Crippen LogP) is 1.03. The molecule has 0 heterocycles. The van der Waals surface area contributed by atoms with Gasteiger partial charge in [-0.15, -0.1) is 0 Å². The highest BCUT2D eigenvalue weighted by molar-refractivity contribution is 5.80. The van der Waals surface area contributed by atoms with E-state index < -0.39 is 0 Å². The SMILES string of the molecule is [CH2]CNCCC(=O)C(C)C. The second kappa shape index (κ2) is 5.42. The second-order valence-corrected chi connectivity index (χ2v) is 2.62. The van der Waals surface area contributed by atoms with Crippen molar-refractivity contribution in [3.63, 3.8) is 0 Å². The lowest BCUT2D eigenvalue weighted by atomic mass is 10.1. The molecule has 0 amide bonds. The molecule has 0 aliphatic heterocycles. The van der Waals surface area contributed by atoms with Gasteiger partial charge in [-0.3, -0.25) is 4.79 Å². The molecule has 0 fully saturated rings. The van der Waals surface area contributed by atoms with E-state index in [-0.39, 0.29) is 5.92 Å². The number of hydrogen-bond donors (Lipinski definition) is 1. The van der Waals surface area contributed by atoms with Gasteiger partial charge in [0.1, 0.15) is 5.78 Å². The third-order valence-corrected chi connectivity index (χ3v) is 1.37. The van der Waals surface area contributed by atoms with Crippen LogP contribution in [-0.4, -0.2) is 18.9 Å². The van der Waals surface area contributed by atoms with Crippen LogP contribution in [0, 0.1) is 12.8 Å². The fourth-order valence-corrected chi connectivity index (χ4v) is 0.625. The molecule has 0 unspecified atom stereocenters. The van der Waals surface area contributed by atoms with Crippen LogP contribution in [0.4, 0.5) is 0 Å². The summed E-state index contributed by atoms with van der Waals surface area (Å²) in [5.41, 5.74) is 0. The smallest absolute Gasteiger partial charge is 0.136 e. The Balaban J connectivity index is 3.22. The first-order chi connectivity index (χ1) is 4.68. The fourth-order valence-electron chi connectivity index (χ4n) is 0.625. The maximum Gasteiger partial charge on any atom is 0.136 e. The Bertz CT molecular complexity index is 99.4. The van der Waals surface area contributed by atoms with Crippen LogP contribution >= 0.6 is 0 Å². The zero-order valence-electron chi connectivity index (χ0n) is 6.81. The van der Waals surface area contributed by atoms with E-state index in [1.807, 2.05) is 13.8 Å². The van der Waals surface area contributed by atoms with Gasteiger partial charge in [0.05, 0.1) is 0 Å². The highest BCUT2D eigenvalue weighted by Gasteiger charge is 2.04. The van der Waals surface area contributed by atoms with Gasteiger partial charge in [-0.25, -0.2) is 0 Å². The number of hydrogen-bond acceptors (Lipinski definition) is 2. The molecule has 2 heteroatoms. The van der Waals surface area contributed by atoms with E-state index in [0.29, 0.717) is 18.7 Å². The summed E-state index contributed by atoms with van der Waals surface area (Å²) < 4.78 is 0. The Labute approximate surface area is 63.0 Å². The summed E-state index contributed by atoms with van der Waals surface area (Å²) in [6.07, 6.45) is 0.632. The van der Waals surface area contributed by atoms with Crippen LogP contribution in [0.25, 0.3) is 0 Å². The third-order valence-electron chi connectivity index (χ3n) is 1.37. The number of carbonyl (C=O) groups is 1. The van der Waals surface area contributed by atoms with Crippen molar-refractivity contribution in [1.29, 1.82) is 0 Å². The minimum Gasteiger partial charge on any atom is -0.316 e. The minimum absolute atomic E-state index is 0.173. The molecular weight excluding hydrogens is 126 g/mol. The maximum atomic E-state index is 11.0. The van der Waals surface area contributed by atoms with Gasteiger partial charge in [0, 0.05) is 18.9 Å². The average Bonchev–Trinajstić information content (AvgIpc) is 1.88. The van der Waals surface area contributed by atoms with E-state index in [1.165, 1.54) is 0 Å². The topological polar surface area (TPSA) is 29.1 Å². The van der Waals surface area contributed by atoms with Gasteiger partial charge in [-0.05, 0) is 13.5 Å². The van der Waals surface area contributed by atoms with Gasteiger partial charge >= 0.3 is 0 Å². The summed E-state index contributed by atoms with van der Waals surface area (Å²) in [6, 6.07) is 0. The lowest BCUT2D eigenvalue weighted by Gasteiger charge is -2.03. The zero-order valence-corrected chi connectivity index (χ0v) is 6.81. The largest absolute Gasteiger partial charge is 0.316 e. The molecule has 2 nitrogen and oxygen atoms in total. The molecule has 0 atom stereocenters. The summed E-state index contributed by atoms with van der Waals surface area (Å²) in [6.45, 7) is 8.92. The molecule has 0 bridgehead atoms. The summed E-state index contributed by atoms with van der Waals surface area (Å²) in [5, 5.41) is 3.00. The van der Waals surface area contributed by atoms with Gasteiger partial charge in [-0.1, -0.05) is 13.8 Å². The Kier molecular flexibility index (Phi) is 5.22. The number of ketones is 1. The van der Waals surface area contributed by atoms with E-state index in [4.69, 9.17) is 0 Å². The summed E-state index contributed by atoms with van der Waals surface area (Å²) >= 11 is 0. The number of nitrogens with one attached hydrogen (secondary N) is 1. The Hall–Kier alpha value is -0.370. The number of carbonyl (C=O) groups excluding carboxylic acids is 1. The van der Waals surface area contributed by atoms with Crippen LogP contribution in [0.1, 0.15) is 20.3 Å². The highest BCUT2D eigenvalue weighted by atomic mass is 16.1. The zero-order chi connectivity index (χ0) is 7.98. The second-order valence-electron chi connectivity index (χ2n) is 2.62. The molecule has 0 aliphatic carbocycles. The first-order valence-electron chi connectivity index (χ1n) is 3.71. The molecule has 0 spiro atoms. The van der Waals surface area contributed by atoms with Gasteiger partial charge in [0.15, 0.2) is 0 Å². The molecule has 0 aliphatic rings. The van der Waals surface area contributed by atoms with Crippen LogP contribution in [0.5, 0.6) is 0 Å². The van der Waals surface area contributed by atoms with Crippen molar-refractivity contribution >= 4 is 5.78 Å². The molecule has 0 aromatic heterocycles. The van der Waals surface area contributed by atoms with Crippen LogP contribution in [0.2, 0.25) is 0 Å². The first kappa shape index (κ1) is 9.63. The first-order valence-corrected chi connectivity index (χ1v) is 3.71. The van der Waals surface area contributed by atoms with Gasteiger partial charge in [-0.2, -0.15) is 0 Å². The van der Waals surface area contributed by atoms with Crippen LogP contribution in [0.15, 0.2) is 0 Å². The van der Waals surface area contributed by atoms with Gasteiger partial charge in [0.25, 0.3) is 0 Å². The standard InChI is InChI=1S/C8H16NO/c1-4-9-6-5-8(10)7(2)3/h7,9H,1,4-6H2,2-3H3. The number of Topliss-reactive ketones (excluding diaryl/α,β-unsaturated/α-hetero) is 1. The normalized spacial score (nSPS) is 10.4. The van der Waals surface area contributed by atoms with E-state index in [9.17, 15) is 4.79 Å². The molecule has 0 aromatic carbocycles. The molecule has 59 valence electrons. The fraction of sp³-hybridized carbons (Fsp3) is 0.750. The van der Waals surface area contributed by atoms with Crippen molar-refractivity contribution in [3.8, 4) is 0 Å². The van der Waals surface area contributed by atoms with E-state index in [1.54, 1.807) is 0 Å². The van der Waals surface area contributed by atoms with Crippen molar-refractivity contribution in [3.05, 3.63) is 6.92 Å². The molecule has 1 radical (unpaired) electrons. The van der Waals surface area contributed by atoms with E-state index in [2.05, 4.69) is 12.2 Å². The quantitative estimate of drug-likeness (QED) is 0.581. The molecule has 0 saturated heterocycles. The van der Waals surface area contributed by atoms with E-state index in [0.717, 1.165) is 6.54 Å². The molecule has 0 rings (SSSR count). The third kappa shape index (κ3) is 4.50. The Morgan fingerprint density at radius 3 is 2.60 bits per heavy atom. The maximum absolute atomic E-state index is 11.0. The van der Waals surface area contributed by atoms with Crippen molar-refractivity contribution in [2.45, 2.75) is 20.3 Å². The Morgan fingerprint density at radius 1 is 1.60 bits per heavy atom. The van der Waals surface area contributed by atoms with Crippen LogP contribution in [-0.2, 0) is 4.79 Å². The molecule has 0 aromatic rings. The van der Waals surface area contributed by atoms with Gasteiger partial charge < -0.3 is 5.32 Å². The lowest BCUT2D eigenvalue weighted by molar-refractivity contribution is -0.121. The van der Waals surface area contributed by atoms with Crippen molar-refractivity contribution in [2.75, 3.05) is 13.1 Å². The average molecular weight is 142 g/mol. The molecule has 1 N–H and O–H groups in total. The van der Waals surface area contributed by atoms with Gasteiger partial charge in [0.2, 0.25) is 0 Å². The summed E-state index contributed by atoms with van der Waals surface area (Å²) in [7, 11) is 0. The van der Waals surface area contributed by atoms with Crippen LogP contribution < -0.4 is 5.32 Å². The molecular formula is C8H16NO. The highest BCUT2D eigenvalue weighted by Crippen LogP contribution is 1.96. The van der Waals surface area contributed by atoms with Crippen LogP contribution in [0.3, 0.4) is 0 Å². The monoisotopic (exact) mass is 142 g/mol. The van der Waals surface area contributed by atoms with E-state index >= 15 is 0 Å². The minimum atomic E-state index is 0.173. The Morgan fingerprint density at radius 2 is 2.20 bits per heavy atom. The number of rotatable bonds is 5.